The molecule has 2 bridgehead atoms. The highest BCUT2D eigenvalue weighted by atomic mass is 35.5. The minimum Gasteiger partial charge on any atom is -0.457 e. The number of carbonyl (C=O) groups is 1. The molecule has 4 nitrogen and oxygen atoms in total. The summed E-state index contributed by atoms with van der Waals surface area (Å²) in [5.41, 5.74) is 0.648. The number of benzene rings is 2. The van der Waals surface area contributed by atoms with E-state index in [0.717, 1.165) is 18.6 Å². The molecule has 1 amide bonds. The molecule has 5 heteroatoms. The van der Waals surface area contributed by atoms with E-state index in [0.29, 0.717) is 23.4 Å². The van der Waals surface area contributed by atoms with Crippen LogP contribution in [-0.4, -0.2) is 24.0 Å². The van der Waals surface area contributed by atoms with Crippen LogP contribution in [0, 0.1) is 0 Å². The van der Waals surface area contributed by atoms with E-state index in [2.05, 4.69) is 10.6 Å². The lowest BCUT2D eigenvalue weighted by molar-refractivity contribution is 0.0923. The molecule has 2 unspecified atom stereocenters. The Balaban J connectivity index is 0.00000182. The Bertz CT molecular complexity index is 711. The van der Waals surface area contributed by atoms with E-state index in [4.69, 9.17) is 4.74 Å². The average Bonchev–Trinajstić information content (AvgIpc) is 2.94. The Morgan fingerprint density at radius 1 is 0.960 bits per heavy atom. The summed E-state index contributed by atoms with van der Waals surface area (Å²) in [6.07, 6.45) is 4.53. The number of hydrogen-bond donors (Lipinski definition) is 2. The van der Waals surface area contributed by atoms with E-state index in [1.165, 1.54) is 12.8 Å². The molecule has 0 radical (unpaired) electrons. The topological polar surface area (TPSA) is 50.4 Å². The number of ether oxygens (including phenoxy) is 1. The number of rotatable bonds is 4. The van der Waals surface area contributed by atoms with Gasteiger partial charge in [-0.25, -0.2) is 0 Å². The third-order valence-corrected chi connectivity index (χ3v) is 4.88. The van der Waals surface area contributed by atoms with Crippen LogP contribution in [0.3, 0.4) is 0 Å². The number of piperidine rings is 1. The Kier molecular flexibility index (Phi) is 5.61. The molecule has 2 atom stereocenters. The fourth-order valence-electron chi connectivity index (χ4n) is 3.77. The average molecular weight is 359 g/mol. The summed E-state index contributed by atoms with van der Waals surface area (Å²) in [7, 11) is 0. The number of carbonyl (C=O) groups excluding carboxylic acids is 1. The highest BCUT2D eigenvalue weighted by Gasteiger charge is 2.34. The summed E-state index contributed by atoms with van der Waals surface area (Å²) in [5, 5.41) is 6.79. The van der Waals surface area contributed by atoms with Crippen LogP contribution in [0.1, 0.15) is 36.0 Å². The van der Waals surface area contributed by atoms with Crippen molar-refractivity contribution in [3.8, 4) is 11.5 Å². The Hall–Kier alpha value is -2.04. The lowest BCUT2D eigenvalue weighted by Crippen LogP contribution is -2.48. The predicted octanol–water partition coefficient (Wildman–Crippen LogP) is 3.91. The smallest absolute Gasteiger partial charge is 0.251 e. The van der Waals surface area contributed by atoms with Gasteiger partial charge >= 0.3 is 0 Å². The first kappa shape index (κ1) is 17.8. The third kappa shape index (κ3) is 4.33. The summed E-state index contributed by atoms with van der Waals surface area (Å²) in [6.45, 7) is 0. The minimum atomic E-state index is -0.0141. The summed E-state index contributed by atoms with van der Waals surface area (Å²) in [6, 6.07) is 18.4. The van der Waals surface area contributed by atoms with Gasteiger partial charge in [-0.2, -0.15) is 0 Å². The second-order valence-electron chi connectivity index (χ2n) is 6.72. The van der Waals surface area contributed by atoms with Gasteiger partial charge in [0, 0.05) is 23.7 Å². The van der Waals surface area contributed by atoms with Crippen molar-refractivity contribution in [2.24, 2.45) is 0 Å². The lowest BCUT2D eigenvalue weighted by Gasteiger charge is -2.29. The number of hydrogen-bond acceptors (Lipinski definition) is 3. The van der Waals surface area contributed by atoms with Gasteiger partial charge in [0.15, 0.2) is 0 Å². The van der Waals surface area contributed by atoms with Gasteiger partial charge < -0.3 is 15.4 Å². The monoisotopic (exact) mass is 358 g/mol. The molecule has 2 heterocycles. The van der Waals surface area contributed by atoms with Crippen molar-refractivity contribution in [1.29, 1.82) is 0 Å². The van der Waals surface area contributed by atoms with Gasteiger partial charge in [0.2, 0.25) is 0 Å². The Morgan fingerprint density at radius 3 is 2.36 bits per heavy atom. The molecule has 2 aromatic rings. The zero-order valence-corrected chi connectivity index (χ0v) is 14.8. The number of halogens is 1. The summed E-state index contributed by atoms with van der Waals surface area (Å²) < 4.78 is 5.81. The molecule has 2 aliphatic heterocycles. The molecular formula is C20H23ClN2O2. The Morgan fingerprint density at radius 2 is 1.64 bits per heavy atom. The highest BCUT2D eigenvalue weighted by molar-refractivity contribution is 5.94. The van der Waals surface area contributed by atoms with Crippen molar-refractivity contribution in [3.05, 3.63) is 60.2 Å². The van der Waals surface area contributed by atoms with Gasteiger partial charge in [0.1, 0.15) is 11.5 Å². The van der Waals surface area contributed by atoms with Crippen molar-refractivity contribution in [3.63, 3.8) is 0 Å². The number of amides is 1. The highest BCUT2D eigenvalue weighted by Crippen LogP contribution is 2.27. The van der Waals surface area contributed by atoms with Gasteiger partial charge in [0.05, 0.1) is 0 Å². The van der Waals surface area contributed by atoms with Crippen LogP contribution in [0.2, 0.25) is 0 Å². The van der Waals surface area contributed by atoms with Crippen molar-refractivity contribution < 1.29 is 9.53 Å². The molecule has 4 rings (SSSR count). The second kappa shape index (κ2) is 7.89. The summed E-state index contributed by atoms with van der Waals surface area (Å²) >= 11 is 0. The molecule has 132 valence electrons. The van der Waals surface area contributed by atoms with E-state index in [-0.39, 0.29) is 24.4 Å². The zero-order valence-electron chi connectivity index (χ0n) is 14.0. The van der Waals surface area contributed by atoms with Crippen LogP contribution >= 0.6 is 12.4 Å². The van der Waals surface area contributed by atoms with E-state index in [1.807, 2.05) is 48.5 Å². The molecule has 0 aliphatic carbocycles. The van der Waals surface area contributed by atoms with Crippen LogP contribution in [0.25, 0.3) is 0 Å². The first-order chi connectivity index (χ1) is 11.8. The lowest BCUT2D eigenvalue weighted by atomic mass is 9.99. The largest absolute Gasteiger partial charge is 0.457 e. The van der Waals surface area contributed by atoms with Gasteiger partial charge in [-0.05, 0) is 56.0 Å². The van der Waals surface area contributed by atoms with Crippen molar-refractivity contribution >= 4 is 18.3 Å². The quantitative estimate of drug-likeness (QED) is 0.871. The third-order valence-electron chi connectivity index (χ3n) is 4.88. The normalized spacial score (nSPS) is 24.2. The maximum Gasteiger partial charge on any atom is 0.251 e. The molecule has 25 heavy (non-hydrogen) atoms. The van der Waals surface area contributed by atoms with E-state index in [9.17, 15) is 4.79 Å². The van der Waals surface area contributed by atoms with E-state index >= 15 is 0 Å². The van der Waals surface area contributed by atoms with Crippen LogP contribution in [0.4, 0.5) is 0 Å². The molecule has 2 saturated heterocycles. The molecule has 0 saturated carbocycles. The molecular weight excluding hydrogens is 336 g/mol. The molecule has 2 fully saturated rings. The number of nitrogens with one attached hydrogen (secondary N) is 2. The van der Waals surface area contributed by atoms with Gasteiger partial charge in [-0.1, -0.05) is 24.3 Å². The standard InChI is InChI=1S/C20H22N2O2.ClH/c23-20(22-17-12-15-9-10-16(13-17)21-15)14-5-4-8-19(11-14)24-18-6-2-1-3-7-18;/h1-8,11,15-17,21H,9-10,12-13H2,(H,22,23);1H. The van der Waals surface area contributed by atoms with Crippen molar-refractivity contribution in [1.82, 2.24) is 10.6 Å². The first-order valence-electron chi connectivity index (χ1n) is 8.66. The van der Waals surface area contributed by atoms with Gasteiger partial charge in [0.25, 0.3) is 5.91 Å². The van der Waals surface area contributed by atoms with Crippen LogP contribution in [0.15, 0.2) is 54.6 Å². The maximum absolute atomic E-state index is 12.6. The second-order valence-corrected chi connectivity index (χ2v) is 6.72. The zero-order chi connectivity index (χ0) is 16.4. The minimum absolute atomic E-state index is 0. The van der Waals surface area contributed by atoms with Crippen LogP contribution in [-0.2, 0) is 0 Å². The Labute approximate surface area is 154 Å². The maximum atomic E-state index is 12.6. The van der Waals surface area contributed by atoms with E-state index < -0.39 is 0 Å². The van der Waals surface area contributed by atoms with Crippen molar-refractivity contribution in [2.75, 3.05) is 0 Å². The number of para-hydroxylation sites is 1. The van der Waals surface area contributed by atoms with Gasteiger partial charge in [-0.3, -0.25) is 4.79 Å². The molecule has 2 N–H and O–H groups in total. The molecule has 0 spiro atoms. The van der Waals surface area contributed by atoms with E-state index in [1.54, 1.807) is 6.07 Å². The van der Waals surface area contributed by atoms with Gasteiger partial charge in [-0.15, -0.1) is 12.4 Å². The molecule has 2 aromatic carbocycles. The molecule has 0 aromatic heterocycles. The van der Waals surface area contributed by atoms with Crippen molar-refractivity contribution in [2.45, 2.75) is 43.8 Å². The predicted molar refractivity (Wildman–Crippen MR) is 101 cm³/mol. The summed E-state index contributed by atoms with van der Waals surface area (Å²) in [4.78, 5) is 12.6. The number of fused-ring (bicyclic) bond motifs is 2. The fourth-order valence-corrected chi connectivity index (χ4v) is 3.77. The molecule has 2 aliphatic rings. The summed E-state index contributed by atoms with van der Waals surface area (Å²) in [5.74, 6) is 1.43. The SMILES string of the molecule is Cl.O=C(NC1CC2CCC(C1)N2)c1cccc(Oc2ccccc2)c1. The first-order valence-corrected chi connectivity index (χ1v) is 8.66. The van der Waals surface area contributed by atoms with Crippen LogP contribution < -0.4 is 15.4 Å². The fraction of sp³-hybridized carbons (Fsp3) is 0.350. The van der Waals surface area contributed by atoms with Crippen LogP contribution in [0.5, 0.6) is 11.5 Å².